The van der Waals surface area contributed by atoms with Gasteiger partial charge in [-0.05, 0) is 17.8 Å². The molecule has 1 saturated heterocycles. The summed E-state index contributed by atoms with van der Waals surface area (Å²) >= 11 is 0. The molecule has 1 rings (SSSR count). The van der Waals surface area contributed by atoms with E-state index in [2.05, 4.69) is 27.4 Å². The largest absolute Gasteiger partial charge is 0.342 e. The summed E-state index contributed by atoms with van der Waals surface area (Å²) in [6, 6.07) is 0. The zero-order valence-electron chi connectivity index (χ0n) is 10.4. The Bertz CT molecular complexity index is 252. The van der Waals surface area contributed by atoms with E-state index in [1.165, 1.54) is 0 Å². The van der Waals surface area contributed by atoms with Crippen molar-refractivity contribution in [3.05, 3.63) is 12.7 Å². The highest BCUT2D eigenvalue weighted by Gasteiger charge is 2.33. The first kappa shape index (κ1) is 12.3. The SMILES string of the molecule is C=C[C@@H]1CCN(C(=O)[C@@H](C)C(C)(C)C)C1. The van der Waals surface area contributed by atoms with Gasteiger partial charge in [-0.1, -0.05) is 33.8 Å². The van der Waals surface area contributed by atoms with E-state index in [1.807, 2.05) is 17.9 Å². The van der Waals surface area contributed by atoms with Crippen molar-refractivity contribution >= 4 is 5.91 Å². The molecule has 0 N–H and O–H groups in total. The van der Waals surface area contributed by atoms with E-state index in [1.54, 1.807) is 0 Å². The number of hydrogen-bond donors (Lipinski definition) is 0. The minimum atomic E-state index is 0.0589. The smallest absolute Gasteiger partial charge is 0.225 e. The second-order valence-corrected chi connectivity index (χ2v) is 5.66. The first-order chi connectivity index (χ1) is 6.86. The maximum Gasteiger partial charge on any atom is 0.225 e. The molecular weight excluding hydrogens is 186 g/mol. The van der Waals surface area contributed by atoms with Gasteiger partial charge in [0.05, 0.1) is 0 Å². The van der Waals surface area contributed by atoms with Crippen molar-refractivity contribution in [1.82, 2.24) is 4.90 Å². The fraction of sp³-hybridized carbons (Fsp3) is 0.769. The Morgan fingerprint density at radius 2 is 2.13 bits per heavy atom. The maximum absolute atomic E-state index is 12.1. The zero-order valence-corrected chi connectivity index (χ0v) is 10.4. The highest BCUT2D eigenvalue weighted by molar-refractivity contribution is 5.79. The normalized spacial score (nSPS) is 24.0. The summed E-state index contributed by atoms with van der Waals surface area (Å²) in [5, 5.41) is 0. The highest BCUT2D eigenvalue weighted by atomic mass is 16.2. The molecule has 2 atom stereocenters. The molecule has 0 radical (unpaired) electrons. The molecule has 1 aliphatic heterocycles. The lowest BCUT2D eigenvalue weighted by molar-refractivity contribution is -0.137. The number of carbonyl (C=O) groups excluding carboxylic acids is 1. The molecular formula is C13H23NO. The van der Waals surface area contributed by atoms with Gasteiger partial charge >= 0.3 is 0 Å². The van der Waals surface area contributed by atoms with Gasteiger partial charge in [0.2, 0.25) is 5.91 Å². The predicted molar refractivity (Wildman–Crippen MR) is 63.5 cm³/mol. The van der Waals surface area contributed by atoms with Gasteiger partial charge in [-0.3, -0.25) is 4.79 Å². The summed E-state index contributed by atoms with van der Waals surface area (Å²) in [5.74, 6) is 0.897. The average molecular weight is 209 g/mol. The topological polar surface area (TPSA) is 20.3 Å². The molecule has 2 heteroatoms. The number of nitrogens with zero attached hydrogens (tertiary/aromatic N) is 1. The van der Waals surface area contributed by atoms with E-state index in [-0.39, 0.29) is 11.3 Å². The third-order valence-corrected chi connectivity index (χ3v) is 3.54. The predicted octanol–water partition coefficient (Wildman–Crippen LogP) is 2.70. The average Bonchev–Trinajstić information content (AvgIpc) is 2.62. The number of carbonyl (C=O) groups is 1. The van der Waals surface area contributed by atoms with Crippen LogP contribution in [0.25, 0.3) is 0 Å². The Labute approximate surface area is 93.3 Å². The molecule has 1 amide bonds. The molecule has 0 aromatic rings. The molecule has 0 unspecified atom stereocenters. The molecule has 15 heavy (non-hydrogen) atoms. The molecule has 0 aromatic carbocycles. The quantitative estimate of drug-likeness (QED) is 0.640. The monoisotopic (exact) mass is 209 g/mol. The molecule has 1 heterocycles. The summed E-state index contributed by atoms with van der Waals surface area (Å²) in [6.45, 7) is 14.0. The standard InChI is InChI=1S/C13H23NO/c1-6-11-7-8-14(9-11)12(15)10(2)13(3,4)5/h6,10-11H,1,7-9H2,2-5H3/t10-,11-/m1/s1. The van der Waals surface area contributed by atoms with Crippen LogP contribution in [0.4, 0.5) is 0 Å². The van der Waals surface area contributed by atoms with Gasteiger partial charge < -0.3 is 4.90 Å². The lowest BCUT2D eigenvalue weighted by Gasteiger charge is -2.30. The molecule has 1 fully saturated rings. The highest BCUT2D eigenvalue weighted by Crippen LogP contribution is 2.29. The lowest BCUT2D eigenvalue weighted by Crippen LogP contribution is -2.38. The molecule has 0 aromatic heterocycles. The Hall–Kier alpha value is -0.790. The van der Waals surface area contributed by atoms with E-state index in [0.29, 0.717) is 11.8 Å². The fourth-order valence-corrected chi connectivity index (χ4v) is 1.82. The van der Waals surface area contributed by atoms with Gasteiger partial charge in [-0.25, -0.2) is 0 Å². The summed E-state index contributed by atoms with van der Waals surface area (Å²) < 4.78 is 0. The summed E-state index contributed by atoms with van der Waals surface area (Å²) in [7, 11) is 0. The molecule has 1 aliphatic rings. The first-order valence-electron chi connectivity index (χ1n) is 5.77. The van der Waals surface area contributed by atoms with Crippen LogP contribution in [0.1, 0.15) is 34.1 Å². The Balaban J connectivity index is 2.59. The van der Waals surface area contributed by atoms with E-state index >= 15 is 0 Å². The van der Waals surface area contributed by atoms with E-state index in [0.717, 1.165) is 19.5 Å². The minimum Gasteiger partial charge on any atom is -0.342 e. The third-order valence-electron chi connectivity index (χ3n) is 3.54. The van der Waals surface area contributed by atoms with Crippen LogP contribution < -0.4 is 0 Å². The van der Waals surface area contributed by atoms with Gasteiger partial charge in [-0.15, -0.1) is 6.58 Å². The van der Waals surface area contributed by atoms with Crippen molar-refractivity contribution in [2.75, 3.05) is 13.1 Å². The van der Waals surface area contributed by atoms with Gasteiger partial charge in [-0.2, -0.15) is 0 Å². The first-order valence-corrected chi connectivity index (χ1v) is 5.77. The second kappa shape index (κ2) is 4.38. The number of rotatable bonds is 2. The lowest BCUT2D eigenvalue weighted by atomic mass is 9.81. The van der Waals surface area contributed by atoms with Gasteiger partial charge in [0, 0.05) is 19.0 Å². The Morgan fingerprint density at radius 1 is 1.53 bits per heavy atom. The molecule has 86 valence electrons. The van der Waals surface area contributed by atoms with E-state index in [9.17, 15) is 4.79 Å². The Kier molecular flexibility index (Phi) is 3.58. The summed E-state index contributed by atoms with van der Waals surface area (Å²) in [5.41, 5.74) is 0.0589. The van der Waals surface area contributed by atoms with Crippen molar-refractivity contribution < 1.29 is 4.79 Å². The van der Waals surface area contributed by atoms with Crippen molar-refractivity contribution in [2.24, 2.45) is 17.3 Å². The van der Waals surface area contributed by atoms with Crippen LogP contribution in [-0.2, 0) is 4.79 Å². The molecule has 0 saturated carbocycles. The van der Waals surface area contributed by atoms with Crippen LogP contribution >= 0.6 is 0 Å². The van der Waals surface area contributed by atoms with Crippen LogP contribution in [0.15, 0.2) is 12.7 Å². The van der Waals surface area contributed by atoms with Crippen molar-refractivity contribution in [1.29, 1.82) is 0 Å². The van der Waals surface area contributed by atoms with Crippen LogP contribution in [0.3, 0.4) is 0 Å². The number of likely N-dealkylation sites (tertiary alicyclic amines) is 1. The van der Waals surface area contributed by atoms with Crippen LogP contribution in [-0.4, -0.2) is 23.9 Å². The summed E-state index contributed by atoms with van der Waals surface area (Å²) in [4.78, 5) is 14.1. The van der Waals surface area contributed by atoms with Gasteiger partial charge in [0.15, 0.2) is 0 Å². The van der Waals surface area contributed by atoms with E-state index in [4.69, 9.17) is 0 Å². The van der Waals surface area contributed by atoms with Crippen molar-refractivity contribution in [3.8, 4) is 0 Å². The number of amides is 1. The molecule has 0 spiro atoms. The van der Waals surface area contributed by atoms with Crippen LogP contribution in [0.5, 0.6) is 0 Å². The van der Waals surface area contributed by atoms with Crippen molar-refractivity contribution in [2.45, 2.75) is 34.1 Å². The van der Waals surface area contributed by atoms with E-state index < -0.39 is 0 Å². The Morgan fingerprint density at radius 3 is 2.53 bits per heavy atom. The molecule has 2 nitrogen and oxygen atoms in total. The van der Waals surface area contributed by atoms with Gasteiger partial charge in [0.25, 0.3) is 0 Å². The van der Waals surface area contributed by atoms with Crippen molar-refractivity contribution in [3.63, 3.8) is 0 Å². The van der Waals surface area contributed by atoms with Crippen LogP contribution in [0, 0.1) is 17.3 Å². The maximum atomic E-state index is 12.1. The zero-order chi connectivity index (χ0) is 11.6. The van der Waals surface area contributed by atoms with Crippen LogP contribution in [0.2, 0.25) is 0 Å². The second-order valence-electron chi connectivity index (χ2n) is 5.66. The molecule has 0 bridgehead atoms. The van der Waals surface area contributed by atoms with Gasteiger partial charge in [0.1, 0.15) is 0 Å². The summed E-state index contributed by atoms with van der Waals surface area (Å²) in [6.07, 6.45) is 3.04. The number of hydrogen-bond acceptors (Lipinski definition) is 1. The molecule has 0 aliphatic carbocycles. The minimum absolute atomic E-state index is 0.0589. The third kappa shape index (κ3) is 2.83. The fourth-order valence-electron chi connectivity index (χ4n) is 1.82.